The van der Waals surface area contributed by atoms with Gasteiger partial charge in [0.05, 0.1) is 17.2 Å². The van der Waals surface area contributed by atoms with Gasteiger partial charge in [-0.2, -0.15) is 0 Å². The van der Waals surface area contributed by atoms with Gasteiger partial charge in [-0.1, -0.05) is 19.9 Å². The van der Waals surface area contributed by atoms with Gasteiger partial charge in [0.15, 0.2) is 5.96 Å². The van der Waals surface area contributed by atoms with Gasteiger partial charge in [0.1, 0.15) is 0 Å². The van der Waals surface area contributed by atoms with Crippen LogP contribution in [0.2, 0.25) is 0 Å². The molecule has 0 radical (unpaired) electrons. The van der Waals surface area contributed by atoms with E-state index in [9.17, 15) is 0 Å². The first-order chi connectivity index (χ1) is 10.9. The Morgan fingerprint density at radius 2 is 2.09 bits per heavy atom. The summed E-state index contributed by atoms with van der Waals surface area (Å²) < 4.78 is 0. The van der Waals surface area contributed by atoms with Crippen LogP contribution < -0.4 is 10.6 Å². The highest BCUT2D eigenvalue weighted by molar-refractivity contribution is 7.11. The normalized spacial score (nSPS) is 12.5. The van der Waals surface area contributed by atoms with Crippen molar-refractivity contribution in [2.75, 3.05) is 13.1 Å². The van der Waals surface area contributed by atoms with E-state index in [0.29, 0.717) is 6.54 Å². The quantitative estimate of drug-likeness (QED) is 0.614. The smallest absolute Gasteiger partial charge is 0.191 e. The van der Waals surface area contributed by atoms with Gasteiger partial charge in [-0.05, 0) is 32.2 Å². The van der Waals surface area contributed by atoms with Gasteiger partial charge in [-0.25, -0.2) is 9.98 Å². The van der Waals surface area contributed by atoms with Crippen molar-refractivity contribution in [2.24, 2.45) is 4.99 Å². The van der Waals surface area contributed by atoms with E-state index in [-0.39, 0.29) is 5.41 Å². The molecular formula is C17H26N4S2. The van der Waals surface area contributed by atoms with Crippen molar-refractivity contribution in [2.45, 2.75) is 46.6 Å². The summed E-state index contributed by atoms with van der Waals surface area (Å²) in [4.78, 5) is 11.8. The number of thiazole rings is 1. The first-order valence-corrected chi connectivity index (χ1v) is 9.61. The minimum Gasteiger partial charge on any atom is -0.357 e. The molecule has 2 heterocycles. The first-order valence-electron chi connectivity index (χ1n) is 7.91. The van der Waals surface area contributed by atoms with Gasteiger partial charge in [0.2, 0.25) is 0 Å². The third-order valence-electron chi connectivity index (χ3n) is 3.61. The fourth-order valence-corrected chi connectivity index (χ4v) is 3.98. The van der Waals surface area contributed by atoms with Crippen LogP contribution in [0.25, 0.3) is 0 Å². The van der Waals surface area contributed by atoms with E-state index < -0.39 is 0 Å². The van der Waals surface area contributed by atoms with E-state index in [1.807, 2.05) is 6.92 Å². The molecule has 2 aromatic heterocycles. The van der Waals surface area contributed by atoms with Crippen molar-refractivity contribution in [3.05, 3.63) is 38.0 Å². The summed E-state index contributed by atoms with van der Waals surface area (Å²) in [5.74, 6) is 0.864. The summed E-state index contributed by atoms with van der Waals surface area (Å²) in [5.41, 5.74) is 1.17. The number of aryl methyl sites for hydroxylation is 2. The molecule has 0 spiro atoms. The predicted molar refractivity (Wildman–Crippen MR) is 102 cm³/mol. The molecule has 0 fully saturated rings. The molecule has 6 heteroatoms. The van der Waals surface area contributed by atoms with Gasteiger partial charge < -0.3 is 10.6 Å². The van der Waals surface area contributed by atoms with Crippen LogP contribution in [-0.2, 0) is 12.0 Å². The van der Waals surface area contributed by atoms with Gasteiger partial charge in [0.25, 0.3) is 0 Å². The highest BCUT2D eigenvalue weighted by Gasteiger charge is 2.21. The molecule has 126 valence electrons. The standard InChI is InChI=1S/C17H26N4S2/c1-6-18-16(19-10-14-12(2)21-13(3)23-14)20-11-17(4,5)15-8-7-9-22-15/h7-9H,6,10-11H2,1-5H3,(H2,18,19,20). The summed E-state index contributed by atoms with van der Waals surface area (Å²) in [6.07, 6.45) is 0. The molecule has 0 atom stereocenters. The summed E-state index contributed by atoms with van der Waals surface area (Å²) in [7, 11) is 0. The largest absolute Gasteiger partial charge is 0.357 e. The number of aliphatic imine (C=N–C) groups is 1. The topological polar surface area (TPSA) is 49.3 Å². The number of hydrogen-bond donors (Lipinski definition) is 2. The molecule has 2 rings (SSSR count). The number of thiophene rings is 1. The zero-order chi connectivity index (χ0) is 16.9. The Kier molecular flexibility index (Phi) is 6.18. The Hall–Kier alpha value is -1.40. The summed E-state index contributed by atoms with van der Waals surface area (Å²) >= 11 is 3.53. The second-order valence-corrected chi connectivity index (χ2v) is 8.39. The summed E-state index contributed by atoms with van der Waals surface area (Å²) in [5, 5.41) is 10.0. The van der Waals surface area contributed by atoms with E-state index in [4.69, 9.17) is 4.99 Å². The van der Waals surface area contributed by atoms with E-state index in [1.165, 1.54) is 9.75 Å². The van der Waals surface area contributed by atoms with Crippen molar-refractivity contribution in [1.82, 2.24) is 15.6 Å². The lowest BCUT2D eigenvalue weighted by Crippen LogP contribution is -2.43. The lowest BCUT2D eigenvalue weighted by molar-refractivity contribution is 0.518. The number of aromatic nitrogens is 1. The molecule has 2 N–H and O–H groups in total. The minimum atomic E-state index is 0.0847. The second kappa shape index (κ2) is 7.93. The Bertz CT molecular complexity index is 642. The first kappa shape index (κ1) is 17.9. The number of rotatable bonds is 6. The maximum atomic E-state index is 4.71. The molecule has 23 heavy (non-hydrogen) atoms. The average Bonchev–Trinajstić information content (AvgIpc) is 3.12. The van der Waals surface area contributed by atoms with Crippen molar-refractivity contribution in [3.8, 4) is 0 Å². The van der Waals surface area contributed by atoms with E-state index in [2.05, 4.69) is 60.8 Å². The van der Waals surface area contributed by atoms with Crippen molar-refractivity contribution < 1.29 is 0 Å². The summed E-state index contributed by atoms with van der Waals surface area (Å²) in [6, 6.07) is 4.30. The molecule has 0 amide bonds. The molecule has 0 aromatic carbocycles. The van der Waals surface area contributed by atoms with Crippen molar-refractivity contribution >= 4 is 28.6 Å². The zero-order valence-electron chi connectivity index (χ0n) is 14.6. The number of nitrogens with one attached hydrogen (secondary N) is 2. The van der Waals surface area contributed by atoms with Crippen LogP contribution in [0, 0.1) is 13.8 Å². The summed E-state index contributed by atoms with van der Waals surface area (Å²) in [6.45, 7) is 13.1. The van der Waals surface area contributed by atoms with Crippen LogP contribution in [0.15, 0.2) is 22.5 Å². The fourth-order valence-electron chi connectivity index (χ4n) is 2.27. The highest BCUT2D eigenvalue weighted by atomic mass is 32.1. The van der Waals surface area contributed by atoms with Crippen molar-refractivity contribution in [1.29, 1.82) is 0 Å². The lowest BCUT2D eigenvalue weighted by Gasteiger charge is -2.25. The van der Waals surface area contributed by atoms with Gasteiger partial charge in [0, 0.05) is 28.3 Å². The zero-order valence-corrected chi connectivity index (χ0v) is 16.2. The molecule has 0 aliphatic carbocycles. The Balaban J connectivity index is 2.00. The molecule has 0 bridgehead atoms. The molecule has 0 saturated carbocycles. The van der Waals surface area contributed by atoms with Crippen LogP contribution in [0.4, 0.5) is 0 Å². The van der Waals surface area contributed by atoms with Crippen LogP contribution in [-0.4, -0.2) is 24.0 Å². The van der Waals surface area contributed by atoms with Gasteiger partial charge in [-0.15, -0.1) is 22.7 Å². The van der Waals surface area contributed by atoms with Crippen LogP contribution in [0.5, 0.6) is 0 Å². The monoisotopic (exact) mass is 350 g/mol. The highest BCUT2D eigenvalue weighted by Crippen LogP contribution is 2.26. The Morgan fingerprint density at radius 1 is 1.30 bits per heavy atom. The number of hydrogen-bond acceptors (Lipinski definition) is 4. The SMILES string of the molecule is CCNC(=NCc1sc(C)nc1C)NCC(C)(C)c1cccs1. The van der Waals surface area contributed by atoms with E-state index in [1.54, 1.807) is 22.7 Å². The van der Waals surface area contributed by atoms with Crippen LogP contribution >= 0.6 is 22.7 Å². The molecule has 2 aromatic rings. The maximum absolute atomic E-state index is 4.71. The van der Waals surface area contributed by atoms with Gasteiger partial charge in [-0.3, -0.25) is 0 Å². The number of guanidine groups is 1. The molecule has 0 aliphatic heterocycles. The van der Waals surface area contributed by atoms with Crippen LogP contribution in [0.1, 0.15) is 41.2 Å². The van der Waals surface area contributed by atoms with Crippen molar-refractivity contribution in [3.63, 3.8) is 0 Å². The predicted octanol–water partition coefficient (Wildman–Crippen LogP) is 3.85. The van der Waals surface area contributed by atoms with E-state index in [0.717, 1.165) is 29.8 Å². The fraction of sp³-hybridized carbons (Fsp3) is 0.529. The minimum absolute atomic E-state index is 0.0847. The molecule has 0 saturated heterocycles. The van der Waals surface area contributed by atoms with Crippen LogP contribution in [0.3, 0.4) is 0 Å². The Morgan fingerprint density at radius 3 is 2.65 bits per heavy atom. The molecule has 0 aliphatic rings. The lowest BCUT2D eigenvalue weighted by atomic mass is 9.91. The second-order valence-electron chi connectivity index (χ2n) is 6.15. The maximum Gasteiger partial charge on any atom is 0.191 e. The Labute approximate surface area is 147 Å². The third kappa shape index (κ3) is 5.04. The average molecular weight is 351 g/mol. The van der Waals surface area contributed by atoms with Gasteiger partial charge >= 0.3 is 0 Å². The molecular weight excluding hydrogens is 324 g/mol. The number of nitrogens with zero attached hydrogens (tertiary/aromatic N) is 2. The van der Waals surface area contributed by atoms with E-state index >= 15 is 0 Å². The third-order valence-corrected chi connectivity index (χ3v) is 5.90. The molecule has 0 unspecified atom stereocenters. The molecule has 4 nitrogen and oxygen atoms in total.